The molecule has 126 valence electrons. The second-order valence-electron chi connectivity index (χ2n) is 6.27. The fourth-order valence-corrected chi connectivity index (χ4v) is 3.38. The second-order valence-corrected chi connectivity index (χ2v) is 6.27. The lowest BCUT2D eigenvalue weighted by Gasteiger charge is -2.26. The lowest BCUT2D eigenvalue weighted by molar-refractivity contribution is -0.150. The summed E-state index contributed by atoms with van der Waals surface area (Å²) in [5.41, 5.74) is 2.12. The van der Waals surface area contributed by atoms with Gasteiger partial charge in [0.15, 0.2) is 5.78 Å². The molecule has 1 aromatic carbocycles. The average molecular weight is 328 g/mol. The summed E-state index contributed by atoms with van der Waals surface area (Å²) in [6.07, 6.45) is 5.61. The Morgan fingerprint density at radius 1 is 1.33 bits per heavy atom. The third-order valence-corrected chi connectivity index (χ3v) is 4.73. The van der Waals surface area contributed by atoms with Crippen molar-refractivity contribution in [2.45, 2.75) is 32.8 Å². The van der Waals surface area contributed by atoms with Crippen LogP contribution in [0.15, 0.2) is 30.4 Å². The molecule has 24 heavy (non-hydrogen) atoms. The van der Waals surface area contributed by atoms with Gasteiger partial charge in [-0.2, -0.15) is 0 Å². The van der Waals surface area contributed by atoms with E-state index in [2.05, 4.69) is 0 Å². The fourth-order valence-electron chi connectivity index (χ4n) is 3.38. The Hall–Kier alpha value is -1.92. The number of Topliss-reactive ketones (excluding diaryl/α,β-unsaturated/α-hetero) is 1. The summed E-state index contributed by atoms with van der Waals surface area (Å²) in [6, 6.07) is 5.29. The van der Waals surface area contributed by atoms with Crippen molar-refractivity contribution >= 4 is 24.3 Å². The van der Waals surface area contributed by atoms with Crippen molar-refractivity contribution in [3.05, 3.63) is 41.5 Å². The zero-order valence-corrected chi connectivity index (χ0v) is 13.7. The zero-order valence-electron chi connectivity index (χ0n) is 13.7. The van der Waals surface area contributed by atoms with E-state index in [1.807, 2.05) is 18.2 Å². The van der Waals surface area contributed by atoms with Crippen LogP contribution >= 0.6 is 0 Å². The normalized spacial score (nSPS) is 22.3. The molecule has 0 spiro atoms. The van der Waals surface area contributed by atoms with E-state index in [4.69, 9.17) is 9.39 Å². The van der Waals surface area contributed by atoms with Crippen LogP contribution in [-0.4, -0.2) is 30.5 Å². The van der Waals surface area contributed by atoms with Crippen LogP contribution in [0.3, 0.4) is 0 Å². The summed E-state index contributed by atoms with van der Waals surface area (Å²) in [5.74, 6) is -0.554. The summed E-state index contributed by atoms with van der Waals surface area (Å²) in [6.45, 7) is 2.50. The number of benzene rings is 1. The van der Waals surface area contributed by atoms with E-state index in [-0.39, 0.29) is 23.6 Å². The molecular formula is C18H21BO5. The molecule has 0 saturated carbocycles. The highest BCUT2D eigenvalue weighted by atomic mass is 16.5. The van der Waals surface area contributed by atoms with Gasteiger partial charge in [0, 0.05) is 12.0 Å². The van der Waals surface area contributed by atoms with Crippen molar-refractivity contribution in [1.29, 1.82) is 0 Å². The maximum Gasteiger partial charge on any atom is 0.491 e. The van der Waals surface area contributed by atoms with Crippen LogP contribution < -0.4 is 5.46 Å². The highest BCUT2D eigenvalue weighted by Crippen LogP contribution is 2.30. The maximum atomic E-state index is 12.6. The first-order chi connectivity index (χ1) is 11.6. The summed E-state index contributed by atoms with van der Waals surface area (Å²) >= 11 is 0. The number of carbonyl (C=O) groups excluding carboxylic acids is 2. The van der Waals surface area contributed by atoms with E-state index in [1.54, 1.807) is 19.1 Å². The van der Waals surface area contributed by atoms with E-state index >= 15 is 0 Å². The Balaban J connectivity index is 1.72. The highest BCUT2D eigenvalue weighted by molar-refractivity contribution is 6.61. The molecule has 1 aliphatic heterocycles. The Labute approximate surface area is 141 Å². The topological polar surface area (TPSA) is 72.8 Å². The molecule has 0 bridgehead atoms. The lowest BCUT2D eigenvalue weighted by Crippen LogP contribution is -2.30. The van der Waals surface area contributed by atoms with Crippen molar-refractivity contribution in [1.82, 2.24) is 0 Å². The van der Waals surface area contributed by atoms with Gasteiger partial charge in [-0.25, -0.2) is 0 Å². The SMILES string of the molecule is CCOC(=O)C1CC=CCC1CC(=O)c1ccc2c(c1)B(O)OC2. The number of fused-ring (bicyclic) bond motifs is 1. The highest BCUT2D eigenvalue weighted by Gasteiger charge is 2.33. The molecule has 2 atom stereocenters. The molecule has 6 heteroatoms. The first-order valence-electron chi connectivity index (χ1n) is 8.37. The quantitative estimate of drug-likeness (QED) is 0.385. The van der Waals surface area contributed by atoms with Gasteiger partial charge in [-0.3, -0.25) is 9.59 Å². The summed E-state index contributed by atoms with van der Waals surface area (Å²) in [4.78, 5) is 24.8. The smallest absolute Gasteiger partial charge is 0.466 e. The molecule has 1 aromatic rings. The van der Waals surface area contributed by atoms with E-state index in [0.29, 0.717) is 43.5 Å². The van der Waals surface area contributed by atoms with Gasteiger partial charge < -0.3 is 14.4 Å². The predicted molar refractivity (Wildman–Crippen MR) is 89.8 cm³/mol. The Morgan fingerprint density at radius 3 is 2.92 bits per heavy atom. The standard InChI is InChI=1S/C18H21BO5/c1-2-23-18(21)15-6-4-3-5-12(15)10-17(20)13-7-8-14-11-24-19(22)16(14)9-13/h3-4,7-9,12,15,22H,2,5-6,10-11H2,1H3. The van der Waals surface area contributed by atoms with Gasteiger partial charge in [-0.1, -0.05) is 30.4 Å². The molecule has 5 nitrogen and oxygen atoms in total. The predicted octanol–water partition coefficient (Wildman–Crippen LogP) is 1.62. The Bertz CT molecular complexity index is 669. The Morgan fingerprint density at radius 2 is 2.12 bits per heavy atom. The molecular weight excluding hydrogens is 307 g/mol. The number of ketones is 1. The molecule has 0 radical (unpaired) electrons. The van der Waals surface area contributed by atoms with Gasteiger partial charge in [0.05, 0.1) is 19.1 Å². The van der Waals surface area contributed by atoms with Crippen LogP contribution in [-0.2, 0) is 20.8 Å². The second kappa shape index (κ2) is 7.32. The largest absolute Gasteiger partial charge is 0.491 e. The first kappa shape index (κ1) is 16.9. The monoisotopic (exact) mass is 328 g/mol. The fraction of sp³-hybridized carbons (Fsp3) is 0.444. The van der Waals surface area contributed by atoms with Gasteiger partial charge in [-0.05, 0) is 36.7 Å². The van der Waals surface area contributed by atoms with Crippen molar-refractivity contribution in [2.75, 3.05) is 6.61 Å². The minimum Gasteiger partial charge on any atom is -0.466 e. The number of carbonyl (C=O) groups is 2. The molecule has 0 aromatic heterocycles. The van der Waals surface area contributed by atoms with Crippen molar-refractivity contribution in [3.63, 3.8) is 0 Å². The maximum absolute atomic E-state index is 12.6. The number of hydrogen-bond acceptors (Lipinski definition) is 5. The van der Waals surface area contributed by atoms with Gasteiger partial charge >= 0.3 is 13.1 Å². The summed E-state index contributed by atoms with van der Waals surface area (Å²) in [7, 11) is -0.961. The molecule has 0 saturated heterocycles. The van der Waals surface area contributed by atoms with E-state index < -0.39 is 7.12 Å². The van der Waals surface area contributed by atoms with Crippen molar-refractivity contribution in [3.8, 4) is 0 Å². The molecule has 2 unspecified atom stereocenters. The third-order valence-electron chi connectivity index (χ3n) is 4.73. The van der Waals surface area contributed by atoms with Crippen LogP contribution in [0.4, 0.5) is 0 Å². The number of rotatable bonds is 5. The van der Waals surface area contributed by atoms with Gasteiger partial charge in [0.25, 0.3) is 0 Å². The van der Waals surface area contributed by atoms with Crippen LogP contribution in [0.25, 0.3) is 0 Å². The summed E-state index contributed by atoms with van der Waals surface area (Å²) < 4.78 is 10.3. The number of hydrogen-bond donors (Lipinski definition) is 1. The third kappa shape index (κ3) is 3.44. The molecule has 1 aliphatic carbocycles. The minimum absolute atomic E-state index is 0.0218. The van der Waals surface area contributed by atoms with Crippen LogP contribution in [0.2, 0.25) is 0 Å². The first-order valence-corrected chi connectivity index (χ1v) is 8.37. The van der Waals surface area contributed by atoms with Crippen molar-refractivity contribution < 1.29 is 24.0 Å². The van der Waals surface area contributed by atoms with E-state index in [1.165, 1.54) is 0 Å². The Kier molecular flexibility index (Phi) is 5.16. The zero-order chi connectivity index (χ0) is 17.1. The molecule has 1 heterocycles. The molecule has 0 amide bonds. The van der Waals surface area contributed by atoms with Gasteiger partial charge in [0.2, 0.25) is 0 Å². The molecule has 1 N–H and O–H groups in total. The van der Waals surface area contributed by atoms with E-state index in [0.717, 1.165) is 5.56 Å². The molecule has 3 rings (SSSR count). The number of esters is 1. The van der Waals surface area contributed by atoms with Crippen LogP contribution in [0.1, 0.15) is 42.1 Å². The van der Waals surface area contributed by atoms with Gasteiger partial charge in [0.1, 0.15) is 0 Å². The van der Waals surface area contributed by atoms with Crippen molar-refractivity contribution in [2.24, 2.45) is 11.8 Å². The number of allylic oxidation sites excluding steroid dienone is 2. The molecule has 0 fully saturated rings. The summed E-state index contributed by atoms with van der Waals surface area (Å²) in [5, 5.41) is 9.78. The van der Waals surface area contributed by atoms with Crippen LogP contribution in [0, 0.1) is 11.8 Å². The minimum atomic E-state index is -0.961. The van der Waals surface area contributed by atoms with Crippen LogP contribution in [0.5, 0.6) is 0 Å². The average Bonchev–Trinajstić information content (AvgIpc) is 2.96. The molecule has 2 aliphatic rings. The van der Waals surface area contributed by atoms with Gasteiger partial charge in [-0.15, -0.1) is 0 Å². The number of ether oxygens (including phenoxy) is 1. The lowest BCUT2D eigenvalue weighted by atomic mass is 9.76. The van der Waals surface area contributed by atoms with E-state index in [9.17, 15) is 14.6 Å².